The molecule has 6 nitrogen and oxygen atoms in total. The molecule has 1 amide bonds. The molecule has 1 aliphatic heterocycles. The van der Waals surface area contributed by atoms with Gasteiger partial charge in [-0.15, -0.1) is 0 Å². The van der Waals surface area contributed by atoms with E-state index in [0.717, 1.165) is 11.3 Å². The Morgan fingerprint density at radius 1 is 1.24 bits per heavy atom. The lowest BCUT2D eigenvalue weighted by molar-refractivity contribution is -0.140. The fraction of sp³-hybridized carbons (Fsp3) is 0.421. The lowest BCUT2D eigenvalue weighted by Crippen LogP contribution is -2.44. The highest BCUT2D eigenvalue weighted by atomic mass is 16.5. The molecule has 2 heterocycles. The van der Waals surface area contributed by atoms with Crippen molar-refractivity contribution in [2.75, 3.05) is 13.7 Å². The number of aromatic amines is 1. The minimum atomic E-state index is -0.447. The second-order valence-electron chi connectivity index (χ2n) is 7.29. The molecule has 0 unspecified atom stereocenters. The summed E-state index contributed by atoms with van der Waals surface area (Å²) in [5.41, 5.74) is 1.59. The monoisotopic (exact) mass is 341 g/mol. The van der Waals surface area contributed by atoms with E-state index in [1.54, 1.807) is 12.0 Å². The molecule has 0 bridgehead atoms. The van der Waals surface area contributed by atoms with E-state index < -0.39 is 5.41 Å². The van der Waals surface area contributed by atoms with Gasteiger partial charge < -0.3 is 14.6 Å². The Balaban J connectivity index is 1.95. The van der Waals surface area contributed by atoms with Gasteiger partial charge in [0.2, 0.25) is 5.91 Å². The third-order valence-electron chi connectivity index (χ3n) is 4.37. The summed E-state index contributed by atoms with van der Waals surface area (Å²) >= 11 is 0. The Morgan fingerprint density at radius 2 is 1.92 bits per heavy atom. The first-order chi connectivity index (χ1) is 11.8. The molecule has 1 aliphatic rings. The number of rotatable bonds is 2. The fourth-order valence-corrected chi connectivity index (χ4v) is 2.97. The highest BCUT2D eigenvalue weighted by molar-refractivity contribution is 5.81. The number of nitrogens with zero attached hydrogens (tertiary/aromatic N) is 2. The number of nitrogens with one attached hydrogen (secondary N) is 1. The van der Waals surface area contributed by atoms with Crippen molar-refractivity contribution in [1.29, 1.82) is 0 Å². The van der Waals surface area contributed by atoms with Crippen LogP contribution in [0.25, 0.3) is 11.4 Å². The van der Waals surface area contributed by atoms with Crippen LogP contribution in [0.5, 0.6) is 5.75 Å². The van der Waals surface area contributed by atoms with Crippen LogP contribution in [-0.2, 0) is 17.8 Å². The maximum Gasteiger partial charge on any atom is 0.254 e. The Hall–Kier alpha value is -2.63. The zero-order chi connectivity index (χ0) is 18.2. The average molecular weight is 341 g/mol. The number of amides is 1. The minimum Gasteiger partial charge on any atom is -0.497 e. The van der Waals surface area contributed by atoms with Gasteiger partial charge in [-0.05, 0) is 30.7 Å². The first-order valence-electron chi connectivity index (χ1n) is 8.35. The molecule has 6 heteroatoms. The molecule has 0 radical (unpaired) electrons. The topological polar surface area (TPSA) is 75.3 Å². The average Bonchev–Trinajstić information content (AvgIpc) is 2.59. The largest absolute Gasteiger partial charge is 0.497 e. The predicted octanol–water partition coefficient (Wildman–Crippen LogP) is 2.38. The van der Waals surface area contributed by atoms with Gasteiger partial charge in [0.05, 0.1) is 19.3 Å². The summed E-state index contributed by atoms with van der Waals surface area (Å²) in [5.74, 6) is 1.33. The van der Waals surface area contributed by atoms with Gasteiger partial charge in [0.25, 0.3) is 5.56 Å². The minimum absolute atomic E-state index is 0.0752. The molecule has 0 atom stereocenters. The maximum atomic E-state index is 12.5. The summed E-state index contributed by atoms with van der Waals surface area (Å²) in [7, 11) is 1.61. The summed E-state index contributed by atoms with van der Waals surface area (Å²) in [6.45, 7) is 6.63. The zero-order valence-corrected chi connectivity index (χ0v) is 15.0. The Bertz CT molecular complexity index is 848. The molecule has 3 rings (SSSR count). The van der Waals surface area contributed by atoms with Gasteiger partial charge in [-0.1, -0.05) is 20.8 Å². The van der Waals surface area contributed by atoms with Crippen molar-refractivity contribution < 1.29 is 9.53 Å². The van der Waals surface area contributed by atoms with Crippen molar-refractivity contribution >= 4 is 5.91 Å². The van der Waals surface area contributed by atoms with Gasteiger partial charge >= 0.3 is 0 Å². The van der Waals surface area contributed by atoms with Crippen LogP contribution < -0.4 is 10.3 Å². The number of fused-ring (bicyclic) bond motifs is 1. The SMILES string of the molecule is COc1ccc(-c2nc3c(c(=O)[nH]2)CCN(C(=O)C(C)(C)C)C3)cc1. The highest BCUT2D eigenvalue weighted by Crippen LogP contribution is 2.24. The number of methoxy groups -OCH3 is 1. The summed E-state index contributed by atoms with van der Waals surface area (Å²) < 4.78 is 5.16. The van der Waals surface area contributed by atoms with E-state index in [9.17, 15) is 9.59 Å². The van der Waals surface area contributed by atoms with Gasteiger partial charge in [0.15, 0.2) is 0 Å². The van der Waals surface area contributed by atoms with Crippen molar-refractivity contribution in [3.8, 4) is 17.1 Å². The summed E-state index contributed by atoms with van der Waals surface area (Å²) in [6, 6.07) is 7.35. The number of H-pyrrole nitrogens is 1. The molecule has 0 saturated heterocycles. The smallest absolute Gasteiger partial charge is 0.254 e. The van der Waals surface area contributed by atoms with Gasteiger partial charge in [0, 0.05) is 23.1 Å². The molecule has 1 aromatic heterocycles. The van der Waals surface area contributed by atoms with Crippen molar-refractivity contribution in [2.45, 2.75) is 33.7 Å². The summed E-state index contributed by atoms with van der Waals surface area (Å²) in [4.78, 5) is 34.2. The van der Waals surface area contributed by atoms with E-state index in [0.29, 0.717) is 36.6 Å². The lowest BCUT2D eigenvalue weighted by atomic mass is 9.93. The highest BCUT2D eigenvalue weighted by Gasteiger charge is 2.31. The fourth-order valence-electron chi connectivity index (χ4n) is 2.97. The predicted molar refractivity (Wildman–Crippen MR) is 95.4 cm³/mol. The van der Waals surface area contributed by atoms with E-state index in [-0.39, 0.29) is 11.5 Å². The van der Waals surface area contributed by atoms with Crippen molar-refractivity contribution in [2.24, 2.45) is 5.41 Å². The first-order valence-corrected chi connectivity index (χ1v) is 8.35. The van der Waals surface area contributed by atoms with Crippen LogP contribution in [0, 0.1) is 5.41 Å². The summed E-state index contributed by atoms with van der Waals surface area (Å²) in [6.07, 6.45) is 0.530. The van der Waals surface area contributed by atoms with Gasteiger partial charge in [-0.2, -0.15) is 0 Å². The van der Waals surface area contributed by atoms with Crippen LogP contribution in [0.1, 0.15) is 32.0 Å². The standard InChI is InChI=1S/C19H23N3O3/c1-19(2,3)18(24)22-10-9-14-15(11-22)20-16(21-17(14)23)12-5-7-13(25-4)8-6-12/h5-8H,9-11H2,1-4H3,(H,20,21,23). The van der Waals surface area contributed by atoms with Crippen LogP contribution >= 0.6 is 0 Å². The van der Waals surface area contributed by atoms with Crippen molar-refractivity contribution in [3.63, 3.8) is 0 Å². The van der Waals surface area contributed by atoms with Crippen LogP contribution in [-0.4, -0.2) is 34.4 Å². The second-order valence-corrected chi connectivity index (χ2v) is 7.29. The number of ether oxygens (including phenoxy) is 1. The number of carbonyl (C=O) groups is 1. The van der Waals surface area contributed by atoms with E-state index in [1.165, 1.54) is 0 Å². The van der Waals surface area contributed by atoms with Crippen molar-refractivity contribution in [3.05, 3.63) is 45.9 Å². The second kappa shape index (κ2) is 6.35. The number of carbonyl (C=O) groups excluding carboxylic acids is 1. The number of hydrogen-bond acceptors (Lipinski definition) is 4. The van der Waals surface area contributed by atoms with Crippen LogP contribution in [0.4, 0.5) is 0 Å². The quantitative estimate of drug-likeness (QED) is 0.910. The normalized spacial score (nSPS) is 14.2. The van der Waals surface area contributed by atoms with Gasteiger partial charge in [-0.25, -0.2) is 4.98 Å². The van der Waals surface area contributed by atoms with Crippen LogP contribution in [0.3, 0.4) is 0 Å². The lowest BCUT2D eigenvalue weighted by Gasteiger charge is -2.32. The van der Waals surface area contributed by atoms with E-state index in [2.05, 4.69) is 9.97 Å². The van der Waals surface area contributed by atoms with Gasteiger partial charge in [-0.3, -0.25) is 9.59 Å². The number of aromatic nitrogens is 2. The van der Waals surface area contributed by atoms with E-state index in [1.807, 2.05) is 45.0 Å². The molecule has 1 N–H and O–H groups in total. The number of benzene rings is 1. The Labute approximate surface area is 146 Å². The molecule has 2 aromatic rings. The third-order valence-corrected chi connectivity index (χ3v) is 4.37. The maximum absolute atomic E-state index is 12.5. The molecular formula is C19H23N3O3. The summed E-state index contributed by atoms with van der Waals surface area (Å²) in [5, 5.41) is 0. The van der Waals surface area contributed by atoms with Crippen LogP contribution in [0.15, 0.2) is 29.1 Å². The molecule has 132 valence electrons. The Morgan fingerprint density at radius 3 is 2.52 bits per heavy atom. The number of hydrogen-bond donors (Lipinski definition) is 1. The van der Waals surface area contributed by atoms with Crippen LogP contribution in [0.2, 0.25) is 0 Å². The molecule has 25 heavy (non-hydrogen) atoms. The third kappa shape index (κ3) is 3.43. The molecule has 0 aliphatic carbocycles. The zero-order valence-electron chi connectivity index (χ0n) is 15.0. The Kier molecular flexibility index (Phi) is 4.37. The molecule has 0 saturated carbocycles. The molecular weight excluding hydrogens is 318 g/mol. The molecule has 1 aromatic carbocycles. The van der Waals surface area contributed by atoms with Gasteiger partial charge in [0.1, 0.15) is 11.6 Å². The first kappa shape index (κ1) is 17.2. The molecule has 0 spiro atoms. The molecule has 0 fully saturated rings. The van der Waals surface area contributed by atoms with E-state index in [4.69, 9.17) is 4.74 Å². The van der Waals surface area contributed by atoms with E-state index >= 15 is 0 Å². The van der Waals surface area contributed by atoms with Crippen molar-refractivity contribution in [1.82, 2.24) is 14.9 Å².